The van der Waals surface area contributed by atoms with Crippen LogP contribution >= 0.6 is 11.6 Å². The Labute approximate surface area is 264 Å². The van der Waals surface area contributed by atoms with Gasteiger partial charge in [-0.3, -0.25) is 9.13 Å². The summed E-state index contributed by atoms with van der Waals surface area (Å²) in [5, 5.41) is 0.500. The maximum absolute atomic E-state index is 13.1. The van der Waals surface area contributed by atoms with Crippen LogP contribution in [0, 0.1) is 0 Å². The minimum absolute atomic E-state index is 0.0372. The van der Waals surface area contributed by atoms with Crippen LogP contribution in [0.2, 0.25) is 5.02 Å². The number of halogens is 10. The molecule has 6 nitrogen and oxygen atoms in total. The Morgan fingerprint density at radius 2 is 0.830 bits per heavy atom. The molecule has 0 unspecified atom stereocenters. The van der Waals surface area contributed by atoms with Crippen molar-refractivity contribution >= 4 is 11.6 Å². The van der Waals surface area contributed by atoms with Crippen LogP contribution < -0.4 is 0 Å². The van der Waals surface area contributed by atoms with Gasteiger partial charge >= 0.3 is 18.5 Å². The number of benzene rings is 2. The zero-order valence-electron chi connectivity index (χ0n) is 23.4. The summed E-state index contributed by atoms with van der Waals surface area (Å²) in [6.45, 7) is 0. The van der Waals surface area contributed by atoms with Gasteiger partial charge in [0.1, 0.15) is 0 Å². The second-order valence-electron chi connectivity index (χ2n) is 9.63. The number of rotatable bonds is 4. The van der Waals surface area contributed by atoms with Crippen molar-refractivity contribution in [3.8, 4) is 34.4 Å². The average Bonchev–Trinajstić information content (AvgIpc) is 3.76. The maximum Gasteiger partial charge on any atom is 0.433 e. The number of nitrogens with zero attached hydrogens (tertiary/aromatic N) is 6. The lowest BCUT2D eigenvalue weighted by molar-refractivity contribution is -0.142. The molecule has 6 aromatic rings. The van der Waals surface area contributed by atoms with E-state index in [2.05, 4.69) is 19.9 Å². The van der Waals surface area contributed by atoms with Gasteiger partial charge in [0.2, 0.25) is 11.9 Å². The first-order valence-electron chi connectivity index (χ1n) is 13.2. The molecule has 47 heavy (non-hydrogen) atoms. The number of hydrogen-bond donors (Lipinski definition) is 0. The van der Waals surface area contributed by atoms with Gasteiger partial charge in [-0.05, 0) is 60.7 Å². The molecule has 0 atom stereocenters. The normalized spacial score (nSPS) is 12.0. The van der Waals surface area contributed by atoms with Crippen molar-refractivity contribution in [2.24, 2.45) is 0 Å². The minimum Gasteiger partial charge on any atom is -0.293 e. The molecular formula is C31H18ClF9N6. The van der Waals surface area contributed by atoms with E-state index in [1.54, 1.807) is 60.9 Å². The Balaban J connectivity index is 0.000000186. The standard InChI is InChI=1S/C16H9F6N3.C15H9ClF3N3/c17-15(18,19)11-5-3-10(4-6-11)12-9-13(16(20,21)22)24-14(23-12)25-7-1-2-8-25;16-11-5-3-10(4-6-11)12-9-13(15(17,18)19)21-14(20-12)22-7-1-2-8-22/h1-9H;1-9H. The summed E-state index contributed by atoms with van der Waals surface area (Å²) in [7, 11) is 0. The van der Waals surface area contributed by atoms with Gasteiger partial charge in [-0.25, -0.2) is 19.9 Å². The molecule has 4 aromatic heterocycles. The van der Waals surface area contributed by atoms with Crippen molar-refractivity contribution in [3.05, 3.63) is 132 Å². The highest BCUT2D eigenvalue weighted by Crippen LogP contribution is 2.34. The molecule has 4 heterocycles. The molecule has 0 aliphatic carbocycles. The van der Waals surface area contributed by atoms with Crippen LogP contribution in [0.4, 0.5) is 39.5 Å². The van der Waals surface area contributed by atoms with Crippen LogP contribution in [0.15, 0.2) is 110 Å². The molecule has 0 fully saturated rings. The molecule has 0 spiro atoms. The Bertz CT molecular complexity index is 1930. The molecule has 0 N–H and O–H groups in total. The van der Waals surface area contributed by atoms with E-state index < -0.39 is 35.5 Å². The summed E-state index contributed by atoms with van der Waals surface area (Å²) in [5.41, 5.74) is -2.35. The lowest BCUT2D eigenvalue weighted by Gasteiger charge is -2.12. The van der Waals surface area contributed by atoms with Crippen molar-refractivity contribution in [2.75, 3.05) is 0 Å². The first-order valence-corrected chi connectivity index (χ1v) is 13.6. The zero-order valence-corrected chi connectivity index (χ0v) is 24.1. The molecule has 2 aromatic carbocycles. The molecule has 0 saturated heterocycles. The van der Waals surface area contributed by atoms with Crippen LogP contribution in [-0.2, 0) is 18.5 Å². The lowest BCUT2D eigenvalue weighted by Crippen LogP contribution is -2.12. The van der Waals surface area contributed by atoms with Crippen LogP contribution in [0.25, 0.3) is 34.4 Å². The van der Waals surface area contributed by atoms with Gasteiger partial charge in [0.15, 0.2) is 11.4 Å². The Hall–Kier alpha value is -5.18. The maximum atomic E-state index is 13.1. The van der Waals surface area contributed by atoms with E-state index in [1.165, 1.54) is 21.5 Å². The van der Waals surface area contributed by atoms with Crippen molar-refractivity contribution in [1.82, 2.24) is 29.1 Å². The smallest absolute Gasteiger partial charge is 0.293 e. The predicted octanol–water partition coefficient (Wildman–Crippen LogP) is 9.58. The third-order valence-electron chi connectivity index (χ3n) is 6.33. The first-order chi connectivity index (χ1) is 22.1. The minimum atomic E-state index is -4.72. The summed E-state index contributed by atoms with van der Waals surface area (Å²) < 4.78 is 119. The topological polar surface area (TPSA) is 61.4 Å². The molecule has 6 rings (SSSR count). The van der Waals surface area contributed by atoms with E-state index in [-0.39, 0.29) is 28.8 Å². The Kier molecular flexibility index (Phi) is 9.11. The fraction of sp³-hybridized carbons (Fsp3) is 0.0968. The average molecular weight is 681 g/mol. The molecule has 242 valence electrons. The third-order valence-corrected chi connectivity index (χ3v) is 6.58. The fourth-order valence-electron chi connectivity index (χ4n) is 4.07. The summed E-state index contributed by atoms with van der Waals surface area (Å²) in [6, 6.07) is 18.3. The van der Waals surface area contributed by atoms with Crippen molar-refractivity contribution in [3.63, 3.8) is 0 Å². The monoisotopic (exact) mass is 680 g/mol. The van der Waals surface area contributed by atoms with E-state index >= 15 is 0 Å². The van der Waals surface area contributed by atoms with Crippen molar-refractivity contribution < 1.29 is 39.5 Å². The van der Waals surface area contributed by atoms with Gasteiger partial charge in [-0.1, -0.05) is 35.9 Å². The van der Waals surface area contributed by atoms with E-state index in [9.17, 15) is 39.5 Å². The van der Waals surface area contributed by atoms with Gasteiger partial charge in [0.25, 0.3) is 0 Å². The highest BCUT2D eigenvalue weighted by molar-refractivity contribution is 6.30. The van der Waals surface area contributed by atoms with E-state index in [4.69, 9.17) is 11.6 Å². The summed E-state index contributed by atoms with van der Waals surface area (Å²) in [6.07, 6.45) is -7.70. The van der Waals surface area contributed by atoms with Crippen LogP contribution in [0.5, 0.6) is 0 Å². The van der Waals surface area contributed by atoms with Gasteiger partial charge in [-0.2, -0.15) is 39.5 Å². The predicted molar refractivity (Wildman–Crippen MR) is 154 cm³/mol. The van der Waals surface area contributed by atoms with Crippen LogP contribution in [0.1, 0.15) is 17.0 Å². The Morgan fingerprint density at radius 3 is 1.17 bits per heavy atom. The number of alkyl halides is 9. The number of hydrogen-bond acceptors (Lipinski definition) is 4. The highest BCUT2D eigenvalue weighted by atomic mass is 35.5. The summed E-state index contributed by atoms with van der Waals surface area (Å²) in [4.78, 5) is 15.3. The molecule has 16 heteroatoms. The zero-order chi connectivity index (χ0) is 34.0. The second-order valence-corrected chi connectivity index (χ2v) is 10.1. The van der Waals surface area contributed by atoms with E-state index in [0.717, 1.165) is 30.3 Å². The van der Waals surface area contributed by atoms with E-state index in [0.29, 0.717) is 16.7 Å². The van der Waals surface area contributed by atoms with Crippen LogP contribution in [-0.4, -0.2) is 29.1 Å². The second kappa shape index (κ2) is 12.9. The molecule has 0 aliphatic rings. The molecule has 0 saturated carbocycles. The summed E-state index contributed by atoms with van der Waals surface area (Å²) in [5.74, 6) is -0.264. The lowest BCUT2D eigenvalue weighted by atomic mass is 10.1. The third kappa shape index (κ3) is 8.16. The molecule has 0 amide bonds. The molecule has 0 radical (unpaired) electrons. The number of aromatic nitrogens is 6. The first kappa shape index (κ1) is 33.2. The van der Waals surface area contributed by atoms with Crippen molar-refractivity contribution in [2.45, 2.75) is 18.5 Å². The van der Waals surface area contributed by atoms with E-state index in [1.807, 2.05) is 0 Å². The molecule has 0 aliphatic heterocycles. The van der Waals surface area contributed by atoms with Crippen molar-refractivity contribution in [1.29, 1.82) is 0 Å². The van der Waals surface area contributed by atoms with Crippen LogP contribution in [0.3, 0.4) is 0 Å². The molecular weight excluding hydrogens is 663 g/mol. The van der Waals surface area contributed by atoms with Gasteiger partial charge in [-0.15, -0.1) is 0 Å². The quantitative estimate of drug-likeness (QED) is 0.174. The fourth-order valence-corrected chi connectivity index (χ4v) is 4.20. The highest BCUT2D eigenvalue weighted by Gasteiger charge is 2.35. The summed E-state index contributed by atoms with van der Waals surface area (Å²) >= 11 is 5.80. The largest absolute Gasteiger partial charge is 0.433 e. The SMILES string of the molecule is FC(F)(F)c1cc(-c2ccc(Cl)cc2)nc(-n2cccc2)n1.FC(F)(F)c1ccc(-c2cc(C(F)(F)F)nc(-n3cccc3)n2)cc1. The van der Waals surface area contributed by atoms with Gasteiger partial charge in [0.05, 0.1) is 17.0 Å². The Morgan fingerprint density at radius 1 is 0.468 bits per heavy atom. The molecule has 0 bridgehead atoms. The van der Waals surface area contributed by atoms with Gasteiger partial charge in [0, 0.05) is 40.9 Å². The van der Waals surface area contributed by atoms with Gasteiger partial charge < -0.3 is 0 Å².